The van der Waals surface area contributed by atoms with Crippen LogP contribution in [0.5, 0.6) is 0 Å². The maximum absolute atomic E-state index is 13.5. The van der Waals surface area contributed by atoms with Gasteiger partial charge in [-0.1, -0.05) is 18.9 Å². The Kier molecular flexibility index (Phi) is 3.85. The van der Waals surface area contributed by atoms with Crippen LogP contribution >= 0.6 is 15.9 Å². The average Bonchev–Trinajstić information content (AvgIpc) is 2.81. The predicted octanol–water partition coefficient (Wildman–Crippen LogP) is 3.14. The average molecular weight is 302 g/mol. The summed E-state index contributed by atoms with van der Waals surface area (Å²) in [6, 6.07) is 4.78. The fourth-order valence-electron chi connectivity index (χ4n) is 2.70. The van der Waals surface area contributed by atoms with Crippen molar-refractivity contribution in [3.05, 3.63) is 34.1 Å². The summed E-state index contributed by atoms with van der Waals surface area (Å²) in [6.45, 7) is 0.450. The molecule has 1 aliphatic carbocycles. The van der Waals surface area contributed by atoms with Gasteiger partial charge in [0, 0.05) is 12.0 Å². The maximum atomic E-state index is 13.5. The molecule has 1 atom stereocenters. The van der Waals surface area contributed by atoms with Crippen molar-refractivity contribution in [1.82, 2.24) is 0 Å². The molecule has 3 N–H and O–H groups in total. The highest BCUT2D eigenvalue weighted by Crippen LogP contribution is 2.47. The molecule has 0 aliphatic heterocycles. The number of hydrogen-bond donors (Lipinski definition) is 2. The first-order valence-corrected chi connectivity index (χ1v) is 6.71. The van der Waals surface area contributed by atoms with Crippen LogP contribution in [0.1, 0.15) is 37.4 Å². The molecule has 1 aliphatic rings. The second-order valence-electron chi connectivity index (χ2n) is 4.85. The van der Waals surface area contributed by atoms with Crippen LogP contribution in [0.4, 0.5) is 4.39 Å². The van der Waals surface area contributed by atoms with Crippen LogP contribution in [-0.2, 0) is 0 Å². The van der Waals surface area contributed by atoms with Crippen molar-refractivity contribution in [2.45, 2.75) is 31.8 Å². The fraction of sp³-hybridized carbons (Fsp3) is 0.538. The molecule has 0 radical (unpaired) electrons. The van der Waals surface area contributed by atoms with Gasteiger partial charge in [0.2, 0.25) is 0 Å². The highest BCUT2D eigenvalue weighted by atomic mass is 79.9. The second-order valence-corrected chi connectivity index (χ2v) is 5.70. The lowest BCUT2D eigenvalue weighted by Crippen LogP contribution is -2.34. The number of nitrogens with two attached hydrogens (primary N) is 1. The third kappa shape index (κ3) is 2.39. The fourth-order valence-corrected chi connectivity index (χ4v) is 2.95. The Morgan fingerprint density at radius 2 is 2.06 bits per heavy atom. The van der Waals surface area contributed by atoms with Gasteiger partial charge in [0.05, 0.1) is 10.6 Å². The summed E-state index contributed by atoms with van der Waals surface area (Å²) < 4.78 is 13.9. The molecular formula is C13H17BrFNO. The number of aliphatic hydroxyl groups excluding tert-OH is 1. The first-order chi connectivity index (χ1) is 8.09. The number of halogens is 2. The first-order valence-electron chi connectivity index (χ1n) is 5.92. The monoisotopic (exact) mass is 301 g/mol. The lowest BCUT2D eigenvalue weighted by molar-refractivity contribution is 0.0331. The molecule has 1 unspecified atom stereocenters. The Hall–Kier alpha value is -0.450. The van der Waals surface area contributed by atoms with Crippen molar-refractivity contribution in [3.63, 3.8) is 0 Å². The van der Waals surface area contributed by atoms with Crippen molar-refractivity contribution < 1.29 is 9.50 Å². The van der Waals surface area contributed by atoms with Crippen LogP contribution in [0.15, 0.2) is 22.7 Å². The molecule has 0 heterocycles. The van der Waals surface area contributed by atoms with E-state index < -0.39 is 6.10 Å². The Morgan fingerprint density at radius 1 is 1.41 bits per heavy atom. The molecule has 1 aromatic carbocycles. The van der Waals surface area contributed by atoms with E-state index in [4.69, 9.17) is 5.73 Å². The predicted molar refractivity (Wildman–Crippen MR) is 69.0 cm³/mol. The maximum Gasteiger partial charge on any atom is 0.137 e. The van der Waals surface area contributed by atoms with E-state index in [-0.39, 0.29) is 11.2 Å². The minimum atomic E-state index is -0.669. The van der Waals surface area contributed by atoms with Gasteiger partial charge in [-0.3, -0.25) is 0 Å². The number of rotatable bonds is 3. The summed E-state index contributed by atoms with van der Waals surface area (Å²) in [4.78, 5) is 0. The van der Waals surface area contributed by atoms with Crippen LogP contribution in [0.25, 0.3) is 0 Å². The summed E-state index contributed by atoms with van der Waals surface area (Å²) >= 11 is 3.11. The zero-order chi connectivity index (χ0) is 12.5. The van der Waals surface area contributed by atoms with Gasteiger partial charge >= 0.3 is 0 Å². The van der Waals surface area contributed by atoms with E-state index in [0.717, 1.165) is 25.7 Å². The van der Waals surface area contributed by atoms with Crippen molar-refractivity contribution >= 4 is 15.9 Å². The van der Waals surface area contributed by atoms with Crippen LogP contribution < -0.4 is 5.73 Å². The van der Waals surface area contributed by atoms with Gasteiger partial charge in [0.15, 0.2) is 0 Å². The molecule has 2 rings (SSSR count). The van der Waals surface area contributed by atoms with Gasteiger partial charge < -0.3 is 10.8 Å². The highest BCUT2D eigenvalue weighted by molar-refractivity contribution is 9.10. The van der Waals surface area contributed by atoms with Crippen LogP contribution in [0.2, 0.25) is 0 Å². The van der Waals surface area contributed by atoms with E-state index >= 15 is 0 Å². The normalized spacial score (nSPS) is 20.5. The summed E-state index contributed by atoms with van der Waals surface area (Å²) in [6.07, 6.45) is 3.35. The molecule has 0 bridgehead atoms. The topological polar surface area (TPSA) is 46.2 Å². The number of hydrogen-bond acceptors (Lipinski definition) is 2. The Bertz CT molecular complexity index is 404. The smallest absolute Gasteiger partial charge is 0.137 e. The molecule has 0 saturated heterocycles. The SMILES string of the molecule is NCC1(C(O)c2ccc(Br)c(F)c2)CCCC1. The molecule has 17 heavy (non-hydrogen) atoms. The minimum Gasteiger partial charge on any atom is -0.388 e. The molecule has 1 saturated carbocycles. The van der Waals surface area contributed by atoms with Crippen LogP contribution in [-0.4, -0.2) is 11.7 Å². The number of benzene rings is 1. The zero-order valence-corrected chi connectivity index (χ0v) is 11.2. The molecule has 2 nitrogen and oxygen atoms in total. The molecule has 1 fully saturated rings. The van der Waals surface area contributed by atoms with Crippen LogP contribution in [0.3, 0.4) is 0 Å². The summed E-state index contributed by atoms with van der Waals surface area (Å²) in [5.41, 5.74) is 6.17. The van der Waals surface area contributed by atoms with E-state index in [0.29, 0.717) is 16.6 Å². The quantitative estimate of drug-likeness (QED) is 0.901. The summed E-state index contributed by atoms with van der Waals surface area (Å²) in [5.74, 6) is -0.341. The minimum absolute atomic E-state index is 0.264. The molecule has 94 valence electrons. The Balaban J connectivity index is 2.29. The third-order valence-corrected chi connectivity index (χ3v) is 4.49. The van der Waals surface area contributed by atoms with Gasteiger partial charge in [-0.15, -0.1) is 0 Å². The summed E-state index contributed by atoms with van der Waals surface area (Å²) in [7, 11) is 0. The van der Waals surface area contributed by atoms with E-state index in [2.05, 4.69) is 15.9 Å². The van der Waals surface area contributed by atoms with Gasteiger partial charge in [-0.2, -0.15) is 0 Å². The van der Waals surface area contributed by atoms with E-state index in [1.807, 2.05) is 0 Å². The zero-order valence-electron chi connectivity index (χ0n) is 9.63. The molecule has 4 heteroatoms. The Labute approximate surface area is 109 Å². The highest BCUT2D eigenvalue weighted by Gasteiger charge is 2.40. The van der Waals surface area contributed by atoms with Crippen molar-refractivity contribution in [2.75, 3.05) is 6.54 Å². The lowest BCUT2D eigenvalue weighted by Gasteiger charge is -2.33. The van der Waals surface area contributed by atoms with Gasteiger partial charge in [-0.25, -0.2) is 4.39 Å². The van der Waals surface area contributed by atoms with Crippen molar-refractivity contribution in [2.24, 2.45) is 11.1 Å². The van der Waals surface area contributed by atoms with E-state index in [1.54, 1.807) is 12.1 Å². The molecule has 0 aromatic heterocycles. The number of aliphatic hydroxyl groups is 1. The van der Waals surface area contributed by atoms with Crippen molar-refractivity contribution in [3.8, 4) is 0 Å². The largest absolute Gasteiger partial charge is 0.388 e. The molecule has 0 amide bonds. The van der Waals surface area contributed by atoms with Crippen molar-refractivity contribution in [1.29, 1.82) is 0 Å². The summed E-state index contributed by atoms with van der Waals surface area (Å²) in [5, 5.41) is 10.4. The second kappa shape index (κ2) is 5.04. The Morgan fingerprint density at radius 3 is 2.59 bits per heavy atom. The van der Waals surface area contributed by atoms with E-state index in [1.165, 1.54) is 6.07 Å². The van der Waals surface area contributed by atoms with Crippen LogP contribution in [0, 0.1) is 11.2 Å². The first kappa shape index (κ1) is 13.0. The van der Waals surface area contributed by atoms with Gasteiger partial charge in [-0.05, 0) is 46.5 Å². The van der Waals surface area contributed by atoms with E-state index in [9.17, 15) is 9.50 Å². The molecule has 0 spiro atoms. The lowest BCUT2D eigenvalue weighted by atomic mass is 9.77. The third-order valence-electron chi connectivity index (χ3n) is 3.85. The molecule has 1 aromatic rings. The standard InChI is InChI=1S/C13H17BrFNO/c14-10-4-3-9(7-11(10)15)12(17)13(8-16)5-1-2-6-13/h3-4,7,12,17H,1-2,5-6,8,16H2. The van der Waals surface area contributed by atoms with Gasteiger partial charge in [0.25, 0.3) is 0 Å². The van der Waals surface area contributed by atoms with Gasteiger partial charge in [0.1, 0.15) is 5.82 Å². The molecular weight excluding hydrogens is 285 g/mol.